The predicted octanol–water partition coefficient (Wildman–Crippen LogP) is 4.13. The summed E-state index contributed by atoms with van der Waals surface area (Å²) in [6.07, 6.45) is -2.08. The Hall–Kier alpha value is -2.51. The Morgan fingerprint density at radius 2 is 1.90 bits per heavy atom. The summed E-state index contributed by atoms with van der Waals surface area (Å²) in [4.78, 5) is 8.04. The summed E-state index contributed by atoms with van der Waals surface area (Å²) in [5.74, 6) is -11.6. The fourth-order valence-electron chi connectivity index (χ4n) is 1.74. The first-order valence-corrected chi connectivity index (χ1v) is 8.54. The van der Waals surface area contributed by atoms with Crippen molar-refractivity contribution in [3.63, 3.8) is 0 Å². The maximum absolute atomic E-state index is 13.2. The first-order chi connectivity index (χ1) is 13.4. The SMILES string of the molecule is C=C(CSc1nccc(-n2cc(OC)cn2)n1)OCC(F)(F)C(F)(F)C(F)(F)F. The van der Waals surface area contributed by atoms with Crippen LogP contribution in [-0.4, -0.2) is 57.2 Å². The zero-order valence-corrected chi connectivity index (χ0v) is 15.4. The largest absolute Gasteiger partial charge is 0.493 e. The van der Waals surface area contributed by atoms with Crippen LogP contribution in [0.4, 0.5) is 30.7 Å². The quantitative estimate of drug-likeness (QED) is 0.250. The van der Waals surface area contributed by atoms with Crippen molar-refractivity contribution in [3.8, 4) is 11.6 Å². The molecule has 29 heavy (non-hydrogen) atoms. The molecule has 0 aliphatic carbocycles. The van der Waals surface area contributed by atoms with Gasteiger partial charge in [-0.3, -0.25) is 0 Å². The Morgan fingerprint density at radius 1 is 1.21 bits per heavy atom. The highest BCUT2D eigenvalue weighted by atomic mass is 32.2. The third-order valence-corrected chi connectivity index (χ3v) is 4.20. The van der Waals surface area contributed by atoms with Crippen LogP contribution in [-0.2, 0) is 4.74 Å². The molecule has 0 amide bonds. The van der Waals surface area contributed by atoms with Gasteiger partial charge in [0.25, 0.3) is 0 Å². The third-order valence-electron chi connectivity index (χ3n) is 3.28. The van der Waals surface area contributed by atoms with Crippen LogP contribution in [0.3, 0.4) is 0 Å². The van der Waals surface area contributed by atoms with Crippen molar-refractivity contribution in [1.82, 2.24) is 19.7 Å². The lowest BCUT2D eigenvalue weighted by Crippen LogP contribution is -2.54. The van der Waals surface area contributed by atoms with E-state index in [0.717, 1.165) is 11.8 Å². The molecule has 0 atom stereocenters. The number of halogens is 7. The first-order valence-electron chi connectivity index (χ1n) is 7.55. The van der Waals surface area contributed by atoms with Gasteiger partial charge in [-0.1, -0.05) is 18.3 Å². The monoisotopic (exact) mass is 446 g/mol. The molecule has 14 heteroatoms. The average Bonchev–Trinajstić information content (AvgIpc) is 3.13. The van der Waals surface area contributed by atoms with Crippen LogP contribution in [0.25, 0.3) is 5.82 Å². The summed E-state index contributed by atoms with van der Waals surface area (Å²) in [5, 5.41) is 4.13. The fraction of sp³-hybridized carbons (Fsp3) is 0.400. The minimum absolute atomic E-state index is 0.133. The van der Waals surface area contributed by atoms with E-state index in [-0.39, 0.29) is 10.9 Å². The molecule has 0 aliphatic rings. The number of nitrogens with zero attached hydrogens (tertiary/aromatic N) is 4. The molecule has 0 fully saturated rings. The number of hydrogen-bond acceptors (Lipinski definition) is 6. The van der Waals surface area contributed by atoms with Crippen LogP contribution in [0.2, 0.25) is 0 Å². The van der Waals surface area contributed by atoms with Crippen LogP contribution < -0.4 is 4.74 Å². The smallest absolute Gasteiger partial charge is 0.460 e. The van der Waals surface area contributed by atoms with Crippen LogP contribution in [0, 0.1) is 0 Å². The number of ether oxygens (including phenoxy) is 2. The summed E-state index contributed by atoms with van der Waals surface area (Å²) in [7, 11) is 1.45. The predicted molar refractivity (Wildman–Crippen MR) is 87.5 cm³/mol. The second-order valence-electron chi connectivity index (χ2n) is 5.41. The van der Waals surface area contributed by atoms with Gasteiger partial charge in [0, 0.05) is 12.3 Å². The molecule has 2 aromatic rings. The topological polar surface area (TPSA) is 62.1 Å². The lowest BCUT2D eigenvalue weighted by atomic mass is 10.2. The Labute approximate surface area is 163 Å². The van der Waals surface area contributed by atoms with Gasteiger partial charge in [0.05, 0.1) is 31.0 Å². The normalized spacial score (nSPS) is 12.7. The van der Waals surface area contributed by atoms with E-state index in [1.807, 2.05) is 0 Å². The van der Waals surface area contributed by atoms with Crippen molar-refractivity contribution >= 4 is 11.8 Å². The van der Waals surface area contributed by atoms with Crippen molar-refractivity contribution < 1.29 is 40.2 Å². The van der Waals surface area contributed by atoms with Gasteiger partial charge >= 0.3 is 18.0 Å². The van der Waals surface area contributed by atoms with Gasteiger partial charge in [-0.15, -0.1) is 0 Å². The second-order valence-corrected chi connectivity index (χ2v) is 6.36. The Balaban J connectivity index is 1.93. The van der Waals surface area contributed by atoms with Gasteiger partial charge < -0.3 is 9.47 Å². The number of rotatable bonds is 9. The number of alkyl halides is 7. The van der Waals surface area contributed by atoms with E-state index >= 15 is 0 Å². The molecule has 0 saturated carbocycles. The molecule has 6 nitrogen and oxygen atoms in total. The minimum Gasteiger partial charge on any atom is -0.493 e. The summed E-state index contributed by atoms with van der Waals surface area (Å²) < 4.78 is 98.9. The van der Waals surface area contributed by atoms with Crippen LogP contribution in [0.1, 0.15) is 0 Å². The number of aromatic nitrogens is 4. The molecule has 2 rings (SSSR count). The highest BCUT2D eigenvalue weighted by Gasteiger charge is 2.73. The van der Waals surface area contributed by atoms with Crippen molar-refractivity contribution in [3.05, 3.63) is 37.0 Å². The zero-order chi connectivity index (χ0) is 21.9. The number of hydrogen-bond donors (Lipinski definition) is 0. The van der Waals surface area contributed by atoms with Gasteiger partial charge in [0.15, 0.2) is 23.3 Å². The summed E-state index contributed by atoms with van der Waals surface area (Å²) >= 11 is 0.840. The summed E-state index contributed by atoms with van der Waals surface area (Å²) in [6.45, 7) is 1.03. The lowest BCUT2D eigenvalue weighted by molar-refractivity contribution is -0.360. The van der Waals surface area contributed by atoms with E-state index in [2.05, 4.69) is 26.4 Å². The molecule has 0 radical (unpaired) electrons. The molecule has 0 N–H and O–H groups in total. The second kappa shape index (κ2) is 8.47. The van der Waals surface area contributed by atoms with Gasteiger partial charge in [-0.05, 0) is 0 Å². The molecule has 0 aliphatic heterocycles. The number of thioether (sulfide) groups is 1. The molecule has 0 unspecified atom stereocenters. The van der Waals surface area contributed by atoms with E-state index < -0.39 is 30.4 Å². The Bertz CT molecular complexity index is 857. The molecule has 0 aromatic carbocycles. The third kappa shape index (κ3) is 5.31. The van der Waals surface area contributed by atoms with Gasteiger partial charge in [-0.25, -0.2) is 14.6 Å². The van der Waals surface area contributed by atoms with Crippen molar-refractivity contribution in [2.24, 2.45) is 0 Å². The van der Waals surface area contributed by atoms with E-state index in [1.54, 1.807) is 0 Å². The van der Waals surface area contributed by atoms with Gasteiger partial charge in [0.2, 0.25) is 0 Å². The highest BCUT2D eigenvalue weighted by Crippen LogP contribution is 2.46. The maximum Gasteiger partial charge on any atom is 0.460 e. The molecule has 160 valence electrons. The average molecular weight is 446 g/mol. The van der Waals surface area contributed by atoms with Crippen LogP contribution in [0.5, 0.6) is 5.75 Å². The van der Waals surface area contributed by atoms with Crippen molar-refractivity contribution in [1.29, 1.82) is 0 Å². The van der Waals surface area contributed by atoms with E-state index in [4.69, 9.17) is 4.74 Å². The van der Waals surface area contributed by atoms with E-state index in [1.165, 1.54) is 36.4 Å². The molecule has 0 bridgehead atoms. The van der Waals surface area contributed by atoms with Gasteiger partial charge in [-0.2, -0.15) is 35.8 Å². The zero-order valence-electron chi connectivity index (χ0n) is 14.6. The molecule has 0 spiro atoms. The van der Waals surface area contributed by atoms with Crippen molar-refractivity contribution in [2.45, 2.75) is 23.2 Å². The number of methoxy groups -OCH3 is 1. The summed E-state index contributed by atoms with van der Waals surface area (Å²) in [6, 6.07) is 1.52. The molecule has 2 heterocycles. The Morgan fingerprint density at radius 3 is 2.48 bits per heavy atom. The molecule has 2 aromatic heterocycles. The maximum atomic E-state index is 13.2. The minimum atomic E-state index is -6.42. The summed E-state index contributed by atoms with van der Waals surface area (Å²) in [5.41, 5.74) is 0. The van der Waals surface area contributed by atoms with Gasteiger partial charge in [0.1, 0.15) is 0 Å². The standard InChI is InChI=1S/C15H13F7N4O2S/c1-9(28-8-13(16,17)14(18,19)15(20,21)22)7-29-12-23-4-3-11(25-12)26-6-10(27-2)5-24-26/h3-6H,1,7-8H2,2H3. The highest BCUT2D eigenvalue weighted by molar-refractivity contribution is 7.99. The fourth-order valence-corrected chi connectivity index (χ4v) is 2.41. The molecule has 0 saturated heterocycles. The first kappa shape index (κ1) is 22.8. The van der Waals surface area contributed by atoms with Crippen LogP contribution >= 0.6 is 11.8 Å². The Kier molecular flexibility index (Phi) is 6.65. The molecular weight excluding hydrogens is 433 g/mol. The van der Waals surface area contributed by atoms with E-state index in [9.17, 15) is 30.7 Å². The molecular formula is C15H13F7N4O2S. The van der Waals surface area contributed by atoms with Crippen LogP contribution in [0.15, 0.2) is 42.2 Å². The van der Waals surface area contributed by atoms with E-state index in [0.29, 0.717) is 11.6 Å². The van der Waals surface area contributed by atoms with Crippen molar-refractivity contribution in [2.75, 3.05) is 19.5 Å². The lowest BCUT2D eigenvalue weighted by Gasteiger charge is -2.28.